The average Bonchev–Trinajstić information content (AvgIpc) is 2.47. The van der Waals surface area contributed by atoms with Gasteiger partial charge >= 0.3 is 0 Å². The maximum absolute atomic E-state index is 12.1. The van der Waals surface area contributed by atoms with Crippen molar-refractivity contribution in [2.45, 2.75) is 51.4 Å². The molecule has 1 saturated heterocycles. The standard InChI is InChI=1S/C15H29N3O/c16-12-15(6-2-1-3-7-15)9-14(19)18-11-13-5-4-8-17-10-13/h13,17H,1-12,16H2,(H,18,19). The first kappa shape index (κ1) is 14.8. The highest BCUT2D eigenvalue weighted by molar-refractivity contribution is 5.76. The van der Waals surface area contributed by atoms with Crippen molar-refractivity contribution in [3.05, 3.63) is 0 Å². The number of hydrogen-bond donors (Lipinski definition) is 3. The number of amides is 1. The van der Waals surface area contributed by atoms with Crippen LogP contribution in [0.5, 0.6) is 0 Å². The lowest BCUT2D eigenvalue weighted by Crippen LogP contribution is -2.42. The van der Waals surface area contributed by atoms with Crippen molar-refractivity contribution in [1.29, 1.82) is 0 Å². The van der Waals surface area contributed by atoms with Crippen molar-refractivity contribution in [2.24, 2.45) is 17.1 Å². The van der Waals surface area contributed by atoms with Gasteiger partial charge in [0.05, 0.1) is 0 Å². The van der Waals surface area contributed by atoms with Crippen LogP contribution < -0.4 is 16.4 Å². The Balaban J connectivity index is 1.72. The normalized spacial score (nSPS) is 26.9. The van der Waals surface area contributed by atoms with E-state index < -0.39 is 0 Å². The molecule has 1 aliphatic carbocycles. The molecular formula is C15H29N3O. The van der Waals surface area contributed by atoms with Gasteiger partial charge in [0.1, 0.15) is 0 Å². The van der Waals surface area contributed by atoms with Crippen LogP contribution in [0.2, 0.25) is 0 Å². The van der Waals surface area contributed by atoms with Crippen LogP contribution in [0.3, 0.4) is 0 Å². The highest BCUT2D eigenvalue weighted by Gasteiger charge is 2.32. The second-order valence-corrected chi connectivity index (χ2v) is 6.46. The molecule has 19 heavy (non-hydrogen) atoms. The summed E-state index contributed by atoms with van der Waals surface area (Å²) in [4.78, 5) is 12.1. The smallest absolute Gasteiger partial charge is 0.220 e. The zero-order valence-corrected chi connectivity index (χ0v) is 12.0. The van der Waals surface area contributed by atoms with Gasteiger partial charge in [0.25, 0.3) is 0 Å². The van der Waals surface area contributed by atoms with Crippen LogP contribution in [-0.2, 0) is 4.79 Å². The average molecular weight is 267 g/mol. The first-order valence-corrected chi connectivity index (χ1v) is 7.92. The molecule has 1 aliphatic heterocycles. The summed E-state index contributed by atoms with van der Waals surface area (Å²) in [7, 11) is 0. The Morgan fingerprint density at radius 1 is 1.26 bits per heavy atom. The highest BCUT2D eigenvalue weighted by atomic mass is 16.1. The molecule has 0 aromatic heterocycles. The number of piperidine rings is 1. The first-order valence-electron chi connectivity index (χ1n) is 7.92. The van der Waals surface area contributed by atoms with E-state index in [4.69, 9.17) is 5.73 Å². The van der Waals surface area contributed by atoms with Gasteiger partial charge in [0.15, 0.2) is 0 Å². The Morgan fingerprint density at radius 3 is 2.68 bits per heavy atom. The number of carbonyl (C=O) groups is 1. The maximum Gasteiger partial charge on any atom is 0.220 e. The van der Waals surface area contributed by atoms with Crippen LogP contribution in [0, 0.1) is 11.3 Å². The van der Waals surface area contributed by atoms with E-state index in [9.17, 15) is 4.79 Å². The van der Waals surface area contributed by atoms with Crippen LogP contribution >= 0.6 is 0 Å². The van der Waals surface area contributed by atoms with Crippen LogP contribution in [0.15, 0.2) is 0 Å². The van der Waals surface area contributed by atoms with E-state index >= 15 is 0 Å². The van der Waals surface area contributed by atoms with E-state index in [1.165, 1.54) is 32.1 Å². The molecule has 2 aliphatic rings. The number of rotatable bonds is 5. The Labute approximate surface area is 116 Å². The molecule has 1 amide bonds. The molecule has 0 aromatic carbocycles. The number of hydrogen-bond acceptors (Lipinski definition) is 3. The lowest BCUT2D eigenvalue weighted by atomic mass is 9.71. The summed E-state index contributed by atoms with van der Waals surface area (Å²) in [5, 5.41) is 6.51. The Hall–Kier alpha value is -0.610. The largest absolute Gasteiger partial charge is 0.356 e. The van der Waals surface area contributed by atoms with Gasteiger partial charge in [-0.25, -0.2) is 0 Å². The molecule has 1 saturated carbocycles. The van der Waals surface area contributed by atoms with Crippen LogP contribution in [-0.4, -0.2) is 32.1 Å². The van der Waals surface area contributed by atoms with E-state index in [0.717, 1.165) is 32.5 Å². The van der Waals surface area contributed by atoms with Crippen LogP contribution in [0.4, 0.5) is 0 Å². The number of nitrogens with two attached hydrogens (primary N) is 1. The van der Waals surface area contributed by atoms with Crippen molar-refractivity contribution in [1.82, 2.24) is 10.6 Å². The molecule has 1 atom stereocenters. The molecule has 0 aromatic rings. The van der Waals surface area contributed by atoms with Crippen LogP contribution in [0.25, 0.3) is 0 Å². The molecule has 0 spiro atoms. The summed E-state index contributed by atoms with van der Waals surface area (Å²) >= 11 is 0. The molecule has 110 valence electrons. The number of nitrogens with one attached hydrogen (secondary N) is 2. The third kappa shape index (κ3) is 4.46. The molecule has 0 radical (unpaired) electrons. The van der Waals surface area contributed by atoms with Gasteiger partial charge in [-0.15, -0.1) is 0 Å². The topological polar surface area (TPSA) is 67.2 Å². The molecule has 1 heterocycles. The summed E-state index contributed by atoms with van der Waals surface area (Å²) in [5.74, 6) is 0.816. The molecule has 4 heteroatoms. The minimum Gasteiger partial charge on any atom is -0.356 e. The fraction of sp³-hybridized carbons (Fsp3) is 0.933. The fourth-order valence-corrected chi connectivity index (χ4v) is 3.51. The molecule has 4 nitrogen and oxygen atoms in total. The van der Waals surface area contributed by atoms with Crippen molar-refractivity contribution in [3.8, 4) is 0 Å². The first-order chi connectivity index (χ1) is 9.24. The third-order valence-electron chi connectivity index (χ3n) is 4.87. The predicted octanol–water partition coefficient (Wildman–Crippen LogP) is 1.40. The summed E-state index contributed by atoms with van der Waals surface area (Å²) in [6.45, 7) is 3.65. The molecule has 1 unspecified atom stereocenters. The van der Waals surface area contributed by atoms with E-state index in [2.05, 4.69) is 10.6 Å². The Morgan fingerprint density at radius 2 is 2.05 bits per heavy atom. The van der Waals surface area contributed by atoms with Crippen molar-refractivity contribution in [2.75, 3.05) is 26.2 Å². The molecule has 2 fully saturated rings. The van der Waals surface area contributed by atoms with Crippen LogP contribution in [0.1, 0.15) is 51.4 Å². The van der Waals surface area contributed by atoms with E-state index in [1.54, 1.807) is 0 Å². The SMILES string of the molecule is NCC1(CC(=O)NCC2CCCNC2)CCCCC1. The molecule has 4 N–H and O–H groups in total. The van der Waals surface area contributed by atoms with Gasteiger partial charge in [0, 0.05) is 13.0 Å². The molecule has 0 bridgehead atoms. The second kappa shape index (κ2) is 7.25. The van der Waals surface area contributed by atoms with Crippen molar-refractivity contribution in [3.63, 3.8) is 0 Å². The number of carbonyl (C=O) groups excluding carboxylic acids is 1. The van der Waals surface area contributed by atoms with E-state index in [1.807, 2.05) is 0 Å². The quantitative estimate of drug-likeness (QED) is 0.705. The minimum absolute atomic E-state index is 0.0904. The Kier molecular flexibility index (Phi) is 5.64. The van der Waals surface area contributed by atoms with Gasteiger partial charge in [-0.3, -0.25) is 4.79 Å². The summed E-state index contributed by atoms with van der Waals surface area (Å²) in [6, 6.07) is 0. The molecular weight excluding hydrogens is 238 g/mol. The van der Waals surface area contributed by atoms with Gasteiger partial charge in [-0.1, -0.05) is 19.3 Å². The van der Waals surface area contributed by atoms with E-state index in [0.29, 0.717) is 18.9 Å². The zero-order chi connectivity index (χ0) is 13.6. The summed E-state index contributed by atoms with van der Waals surface area (Å²) < 4.78 is 0. The van der Waals surface area contributed by atoms with Gasteiger partial charge in [-0.2, -0.15) is 0 Å². The van der Waals surface area contributed by atoms with Gasteiger partial charge in [-0.05, 0) is 56.7 Å². The summed E-state index contributed by atoms with van der Waals surface area (Å²) in [5.41, 5.74) is 6.03. The Bertz CT molecular complexity index is 281. The monoisotopic (exact) mass is 267 g/mol. The zero-order valence-electron chi connectivity index (χ0n) is 12.0. The van der Waals surface area contributed by atoms with E-state index in [-0.39, 0.29) is 11.3 Å². The fourth-order valence-electron chi connectivity index (χ4n) is 3.51. The van der Waals surface area contributed by atoms with Gasteiger partial charge < -0.3 is 16.4 Å². The third-order valence-corrected chi connectivity index (χ3v) is 4.87. The lowest BCUT2D eigenvalue weighted by Gasteiger charge is -2.35. The highest BCUT2D eigenvalue weighted by Crippen LogP contribution is 2.38. The predicted molar refractivity (Wildman–Crippen MR) is 77.8 cm³/mol. The second-order valence-electron chi connectivity index (χ2n) is 6.46. The van der Waals surface area contributed by atoms with Crippen molar-refractivity contribution < 1.29 is 4.79 Å². The minimum atomic E-state index is 0.0904. The maximum atomic E-state index is 12.1. The van der Waals surface area contributed by atoms with Gasteiger partial charge in [0.2, 0.25) is 5.91 Å². The summed E-state index contributed by atoms with van der Waals surface area (Å²) in [6.07, 6.45) is 9.11. The molecule has 2 rings (SSSR count). The lowest BCUT2D eigenvalue weighted by molar-refractivity contribution is -0.124. The van der Waals surface area contributed by atoms with Crippen molar-refractivity contribution >= 4 is 5.91 Å².